The van der Waals surface area contributed by atoms with Crippen molar-refractivity contribution in [2.75, 3.05) is 5.32 Å². The summed E-state index contributed by atoms with van der Waals surface area (Å²) < 4.78 is 1.61. The van der Waals surface area contributed by atoms with Crippen molar-refractivity contribution in [3.05, 3.63) is 60.3 Å². The van der Waals surface area contributed by atoms with Gasteiger partial charge in [-0.1, -0.05) is 0 Å². The molecule has 1 amide bonds. The normalized spacial score (nSPS) is 10.4. The van der Waals surface area contributed by atoms with Crippen LogP contribution in [0.3, 0.4) is 0 Å². The molecule has 0 atom stereocenters. The number of anilines is 1. The van der Waals surface area contributed by atoms with Crippen LogP contribution >= 0.6 is 0 Å². The maximum Gasteiger partial charge on any atom is 0.255 e. The number of aromatic hydroxyl groups is 1. The Balaban J connectivity index is 1.85. The van der Waals surface area contributed by atoms with Crippen molar-refractivity contribution in [2.24, 2.45) is 0 Å². The SMILES string of the molecule is Cc1cc(O)ccc1NC(=O)c1ccnc(-n2cnnc2)c1. The lowest BCUT2D eigenvalue weighted by Crippen LogP contribution is -2.13. The van der Waals surface area contributed by atoms with Crippen molar-refractivity contribution in [1.29, 1.82) is 0 Å². The molecule has 2 heterocycles. The number of benzene rings is 1. The molecule has 2 aromatic heterocycles. The highest BCUT2D eigenvalue weighted by molar-refractivity contribution is 6.04. The first kappa shape index (κ1) is 13.7. The molecule has 3 aromatic rings. The lowest BCUT2D eigenvalue weighted by Gasteiger charge is -2.09. The predicted molar refractivity (Wildman–Crippen MR) is 80.0 cm³/mol. The summed E-state index contributed by atoms with van der Waals surface area (Å²) in [6.45, 7) is 1.81. The second kappa shape index (κ2) is 5.65. The third-order valence-electron chi connectivity index (χ3n) is 3.15. The van der Waals surface area contributed by atoms with Crippen molar-refractivity contribution < 1.29 is 9.90 Å². The van der Waals surface area contributed by atoms with E-state index in [9.17, 15) is 9.90 Å². The van der Waals surface area contributed by atoms with Crippen molar-refractivity contribution in [3.63, 3.8) is 0 Å². The zero-order valence-electron chi connectivity index (χ0n) is 11.8. The molecule has 0 aliphatic carbocycles. The van der Waals surface area contributed by atoms with Gasteiger partial charge < -0.3 is 10.4 Å². The average molecular weight is 295 g/mol. The van der Waals surface area contributed by atoms with Gasteiger partial charge in [-0.25, -0.2) is 4.98 Å². The van der Waals surface area contributed by atoms with Gasteiger partial charge in [-0.05, 0) is 42.8 Å². The Hall–Kier alpha value is -3.22. The highest BCUT2D eigenvalue weighted by Gasteiger charge is 2.10. The summed E-state index contributed by atoms with van der Waals surface area (Å²) in [4.78, 5) is 16.5. The van der Waals surface area contributed by atoms with Crippen LogP contribution in [0, 0.1) is 6.92 Å². The van der Waals surface area contributed by atoms with Gasteiger partial charge in [-0.2, -0.15) is 0 Å². The van der Waals surface area contributed by atoms with E-state index in [1.165, 1.54) is 18.7 Å². The molecule has 22 heavy (non-hydrogen) atoms. The van der Waals surface area contributed by atoms with Gasteiger partial charge in [-0.15, -0.1) is 10.2 Å². The molecule has 0 bridgehead atoms. The molecule has 2 N–H and O–H groups in total. The minimum absolute atomic E-state index is 0.161. The van der Waals surface area contributed by atoms with E-state index in [1.807, 2.05) is 6.92 Å². The smallest absolute Gasteiger partial charge is 0.255 e. The molecule has 1 aromatic carbocycles. The van der Waals surface area contributed by atoms with E-state index in [1.54, 1.807) is 35.0 Å². The van der Waals surface area contributed by atoms with Crippen LogP contribution in [0.5, 0.6) is 5.75 Å². The van der Waals surface area contributed by atoms with E-state index in [0.717, 1.165) is 5.56 Å². The fourth-order valence-corrected chi connectivity index (χ4v) is 2.00. The number of hydrogen-bond acceptors (Lipinski definition) is 5. The number of phenols is 1. The van der Waals surface area contributed by atoms with E-state index >= 15 is 0 Å². The van der Waals surface area contributed by atoms with Crippen molar-refractivity contribution in [2.45, 2.75) is 6.92 Å². The largest absolute Gasteiger partial charge is 0.508 e. The summed E-state index contributed by atoms with van der Waals surface area (Å²) in [6, 6.07) is 8.04. The molecule has 0 fully saturated rings. The van der Waals surface area contributed by atoms with Gasteiger partial charge in [0, 0.05) is 17.4 Å². The Morgan fingerprint density at radius 1 is 1.18 bits per heavy atom. The zero-order valence-corrected chi connectivity index (χ0v) is 11.8. The maximum absolute atomic E-state index is 12.3. The van der Waals surface area contributed by atoms with Crippen molar-refractivity contribution in [1.82, 2.24) is 19.7 Å². The Kier molecular flexibility index (Phi) is 3.53. The number of aromatic nitrogens is 4. The average Bonchev–Trinajstić information content (AvgIpc) is 3.04. The number of phenolic OH excluding ortho intramolecular Hbond substituents is 1. The standard InChI is InChI=1S/C15H13N5O2/c1-10-6-12(21)2-3-13(10)19-15(22)11-4-5-16-14(7-11)20-8-17-18-9-20/h2-9,21H,1H3,(H,19,22). The summed E-state index contributed by atoms with van der Waals surface area (Å²) in [5, 5.41) is 19.6. The number of hydrogen-bond donors (Lipinski definition) is 2. The second-order valence-electron chi connectivity index (χ2n) is 4.73. The molecule has 0 saturated carbocycles. The van der Waals surface area contributed by atoms with Crippen LogP contribution in [0.4, 0.5) is 5.69 Å². The van der Waals surface area contributed by atoms with Crippen LogP contribution in [0.2, 0.25) is 0 Å². The monoisotopic (exact) mass is 295 g/mol. The van der Waals surface area contributed by atoms with E-state index in [2.05, 4.69) is 20.5 Å². The molecule has 0 saturated heterocycles. The minimum atomic E-state index is -0.259. The molecule has 110 valence electrons. The Morgan fingerprint density at radius 3 is 2.68 bits per heavy atom. The third-order valence-corrected chi connectivity index (χ3v) is 3.15. The first-order valence-electron chi connectivity index (χ1n) is 6.55. The number of aryl methyl sites for hydroxylation is 1. The van der Waals surface area contributed by atoms with Gasteiger partial charge >= 0.3 is 0 Å². The quantitative estimate of drug-likeness (QED) is 0.720. The minimum Gasteiger partial charge on any atom is -0.508 e. The fraction of sp³-hybridized carbons (Fsp3) is 0.0667. The van der Waals surface area contributed by atoms with E-state index in [4.69, 9.17) is 0 Å². The number of nitrogens with one attached hydrogen (secondary N) is 1. The topological polar surface area (TPSA) is 92.9 Å². The highest BCUT2D eigenvalue weighted by atomic mass is 16.3. The number of pyridine rings is 1. The van der Waals surface area contributed by atoms with Gasteiger partial charge in [0.2, 0.25) is 0 Å². The van der Waals surface area contributed by atoms with E-state index < -0.39 is 0 Å². The highest BCUT2D eigenvalue weighted by Crippen LogP contribution is 2.21. The molecular weight excluding hydrogens is 282 g/mol. The van der Waals surface area contributed by atoms with E-state index in [-0.39, 0.29) is 11.7 Å². The van der Waals surface area contributed by atoms with E-state index in [0.29, 0.717) is 17.1 Å². The molecule has 0 spiro atoms. The Labute approximate surface area is 126 Å². The van der Waals surface area contributed by atoms with Gasteiger partial charge in [0.1, 0.15) is 24.2 Å². The van der Waals surface area contributed by atoms with Crippen molar-refractivity contribution in [3.8, 4) is 11.6 Å². The number of amides is 1. The lowest BCUT2D eigenvalue weighted by atomic mass is 10.1. The van der Waals surface area contributed by atoms with Gasteiger partial charge in [-0.3, -0.25) is 9.36 Å². The number of carbonyl (C=O) groups is 1. The Bertz CT molecular complexity index is 815. The van der Waals surface area contributed by atoms with Crippen LogP contribution < -0.4 is 5.32 Å². The maximum atomic E-state index is 12.3. The summed E-state index contributed by atoms with van der Waals surface area (Å²) >= 11 is 0. The summed E-state index contributed by atoms with van der Waals surface area (Å²) in [5.74, 6) is 0.458. The first-order valence-corrected chi connectivity index (χ1v) is 6.55. The fourth-order valence-electron chi connectivity index (χ4n) is 2.00. The van der Waals surface area contributed by atoms with Crippen molar-refractivity contribution >= 4 is 11.6 Å². The third kappa shape index (κ3) is 2.78. The summed E-state index contributed by atoms with van der Waals surface area (Å²) in [7, 11) is 0. The number of carbonyl (C=O) groups excluding carboxylic acids is 1. The van der Waals surface area contributed by atoms with Crippen LogP contribution in [-0.4, -0.2) is 30.8 Å². The molecule has 3 rings (SSSR count). The molecule has 0 unspecified atom stereocenters. The zero-order chi connectivity index (χ0) is 15.5. The van der Waals surface area contributed by atoms with Gasteiger partial charge in [0.25, 0.3) is 5.91 Å². The first-order chi connectivity index (χ1) is 10.6. The lowest BCUT2D eigenvalue weighted by molar-refractivity contribution is 0.102. The molecular formula is C15H13N5O2. The van der Waals surface area contributed by atoms with Gasteiger partial charge in [0.05, 0.1) is 0 Å². The van der Waals surface area contributed by atoms with Crippen LogP contribution in [-0.2, 0) is 0 Å². The van der Waals surface area contributed by atoms with Crippen LogP contribution in [0.15, 0.2) is 49.2 Å². The predicted octanol–water partition coefficient (Wildman–Crippen LogP) is 1.93. The van der Waals surface area contributed by atoms with Gasteiger partial charge in [0.15, 0.2) is 0 Å². The number of rotatable bonds is 3. The molecule has 7 nitrogen and oxygen atoms in total. The summed E-state index contributed by atoms with van der Waals surface area (Å²) in [6.07, 6.45) is 4.57. The summed E-state index contributed by atoms with van der Waals surface area (Å²) in [5.41, 5.74) is 1.89. The number of nitrogens with zero attached hydrogens (tertiary/aromatic N) is 4. The molecule has 7 heteroatoms. The molecule has 0 aliphatic heterocycles. The molecule has 0 aliphatic rings. The second-order valence-corrected chi connectivity index (χ2v) is 4.73. The van der Waals surface area contributed by atoms with Crippen LogP contribution in [0.1, 0.15) is 15.9 Å². The van der Waals surface area contributed by atoms with Crippen LogP contribution in [0.25, 0.3) is 5.82 Å². The molecule has 0 radical (unpaired) electrons. The Morgan fingerprint density at radius 2 is 1.95 bits per heavy atom.